The molecule has 0 aliphatic rings. The lowest BCUT2D eigenvalue weighted by molar-refractivity contribution is 0.111. The molecular weight excluding hydrogens is 258 g/mol. The van der Waals surface area contributed by atoms with E-state index in [4.69, 9.17) is 9.47 Å². The maximum Gasteiger partial charge on any atom is 0.172 e. The average Bonchev–Trinajstić information content (AvgIpc) is 2.84. The van der Waals surface area contributed by atoms with Gasteiger partial charge in [0.15, 0.2) is 6.29 Å². The van der Waals surface area contributed by atoms with E-state index in [0.717, 1.165) is 29.9 Å². The zero-order valence-electron chi connectivity index (χ0n) is 11.6. The first-order chi connectivity index (χ1) is 9.74. The van der Waals surface area contributed by atoms with Crippen LogP contribution in [0.2, 0.25) is 0 Å². The van der Waals surface area contributed by atoms with E-state index < -0.39 is 0 Å². The fourth-order valence-electron chi connectivity index (χ4n) is 1.88. The molecule has 6 heteroatoms. The summed E-state index contributed by atoms with van der Waals surface area (Å²) in [5, 5.41) is 7.60. The Labute approximate surface area is 117 Å². The summed E-state index contributed by atoms with van der Waals surface area (Å²) in [6, 6.07) is 7.43. The molecule has 0 unspecified atom stereocenters. The number of methoxy groups -OCH3 is 1. The largest absolute Gasteiger partial charge is 0.497 e. The van der Waals surface area contributed by atoms with Gasteiger partial charge in [-0.2, -0.15) is 0 Å². The fraction of sp³-hybridized carbons (Fsp3) is 0.357. The van der Waals surface area contributed by atoms with Crippen LogP contribution in [0.4, 0.5) is 0 Å². The third kappa shape index (κ3) is 3.34. The molecule has 0 bridgehead atoms. The van der Waals surface area contributed by atoms with Crippen LogP contribution in [-0.4, -0.2) is 35.0 Å². The predicted octanol–water partition coefficient (Wildman–Crippen LogP) is 1.65. The lowest BCUT2D eigenvalue weighted by Gasteiger charge is -2.07. The molecule has 0 saturated carbocycles. The molecule has 6 nitrogen and oxygen atoms in total. The van der Waals surface area contributed by atoms with Gasteiger partial charge in [0, 0.05) is 7.05 Å². The molecule has 0 fully saturated rings. The lowest BCUT2D eigenvalue weighted by atomic mass is 10.2. The second-order valence-electron chi connectivity index (χ2n) is 4.29. The number of nitrogens with zero attached hydrogens (tertiary/aromatic N) is 3. The van der Waals surface area contributed by atoms with Gasteiger partial charge in [-0.05, 0) is 37.1 Å². The Morgan fingerprint density at radius 1 is 1.25 bits per heavy atom. The van der Waals surface area contributed by atoms with E-state index in [-0.39, 0.29) is 0 Å². The quantitative estimate of drug-likeness (QED) is 0.568. The number of ether oxygens (including phenoxy) is 2. The van der Waals surface area contributed by atoms with Gasteiger partial charge >= 0.3 is 0 Å². The minimum atomic E-state index is 0.400. The minimum absolute atomic E-state index is 0.400. The van der Waals surface area contributed by atoms with E-state index in [1.165, 1.54) is 0 Å². The monoisotopic (exact) mass is 275 g/mol. The molecule has 1 heterocycles. The Kier molecular flexibility index (Phi) is 4.70. The third-order valence-corrected chi connectivity index (χ3v) is 2.97. The average molecular weight is 275 g/mol. The van der Waals surface area contributed by atoms with Gasteiger partial charge in [-0.15, -0.1) is 5.10 Å². The van der Waals surface area contributed by atoms with Crippen molar-refractivity contribution in [3.05, 3.63) is 35.7 Å². The summed E-state index contributed by atoms with van der Waals surface area (Å²) in [7, 11) is 3.40. The molecule has 0 radical (unpaired) electrons. The van der Waals surface area contributed by atoms with Crippen molar-refractivity contribution in [3.63, 3.8) is 0 Å². The normalized spacial score (nSPS) is 10.3. The van der Waals surface area contributed by atoms with Crippen LogP contribution in [0.15, 0.2) is 24.3 Å². The van der Waals surface area contributed by atoms with Crippen LogP contribution < -0.4 is 9.47 Å². The Bertz CT molecular complexity index is 564. The first-order valence-corrected chi connectivity index (χ1v) is 6.35. The number of aromatic nitrogens is 3. The van der Waals surface area contributed by atoms with Gasteiger partial charge in [0.05, 0.1) is 19.4 Å². The topological polar surface area (TPSA) is 66.2 Å². The molecule has 20 heavy (non-hydrogen) atoms. The first kappa shape index (κ1) is 14.0. The van der Waals surface area contributed by atoms with E-state index >= 15 is 0 Å². The number of benzene rings is 1. The Morgan fingerprint density at radius 3 is 2.60 bits per heavy atom. The first-order valence-electron chi connectivity index (χ1n) is 6.35. The molecule has 1 aromatic carbocycles. The number of hydrogen-bond acceptors (Lipinski definition) is 5. The van der Waals surface area contributed by atoms with Crippen molar-refractivity contribution in [3.8, 4) is 11.5 Å². The Morgan fingerprint density at radius 2 is 1.95 bits per heavy atom. The maximum absolute atomic E-state index is 10.8. The third-order valence-electron chi connectivity index (χ3n) is 2.97. The smallest absolute Gasteiger partial charge is 0.172 e. The van der Waals surface area contributed by atoms with Gasteiger partial charge < -0.3 is 9.47 Å². The summed E-state index contributed by atoms with van der Waals surface area (Å²) in [5.41, 5.74) is 1.23. The van der Waals surface area contributed by atoms with Gasteiger partial charge in [0.25, 0.3) is 0 Å². The highest BCUT2D eigenvalue weighted by Gasteiger charge is 2.09. The van der Waals surface area contributed by atoms with Gasteiger partial charge in [0.2, 0.25) is 0 Å². The van der Waals surface area contributed by atoms with Gasteiger partial charge in [-0.3, -0.25) is 9.48 Å². The molecule has 1 aromatic heterocycles. The summed E-state index contributed by atoms with van der Waals surface area (Å²) in [4.78, 5) is 10.8. The number of hydrogen-bond donors (Lipinski definition) is 0. The molecule has 0 atom stereocenters. The van der Waals surface area contributed by atoms with Crippen molar-refractivity contribution in [2.45, 2.75) is 12.8 Å². The highest BCUT2D eigenvalue weighted by molar-refractivity contribution is 5.73. The molecule has 0 N–H and O–H groups in total. The van der Waals surface area contributed by atoms with Crippen molar-refractivity contribution < 1.29 is 14.3 Å². The van der Waals surface area contributed by atoms with E-state index in [0.29, 0.717) is 18.7 Å². The summed E-state index contributed by atoms with van der Waals surface area (Å²) < 4.78 is 12.3. The van der Waals surface area contributed by atoms with Crippen molar-refractivity contribution in [2.75, 3.05) is 13.7 Å². The Balaban J connectivity index is 1.81. The number of carbonyl (C=O) groups excluding carboxylic acids is 1. The van der Waals surface area contributed by atoms with Crippen molar-refractivity contribution in [1.82, 2.24) is 15.0 Å². The minimum Gasteiger partial charge on any atom is -0.497 e. The van der Waals surface area contributed by atoms with Crippen molar-refractivity contribution in [2.24, 2.45) is 7.05 Å². The van der Waals surface area contributed by atoms with E-state index in [2.05, 4.69) is 10.3 Å². The number of aryl methyl sites for hydroxylation is 1. The van der Waals surface area contributed by atoms with Crippen molar-refractivity contribution in [1.29, 1.82) is 0 Å². The molecule has 2 aromatic rings. The van der Waals surface area contributed by atoms with Crippen LogP contribution in [0.25, 0.3) is 0 Å². The van der Waals surface area contributed by atoms with Gasteiger partial charge in [-0.25, -0.2) is 0 Å². The van der Waals surface area contributed by atoms with E-state index in [1.54, 1.807) is 18.8 Å². The Hall–Kier alpha value is -2.37. The SMILES string of the molecule is COc1ccc(OCCCc2c(C=O)nnn2C)cc1. The number of rotatable bonds is 7. The lowest BCUT2D eigenvalue weighted by Crippen LogP contribution is -2.05. The van der Waals surface area contributed by atoms with Gasteiger partial charge in [-0.1, -0.05) is 5.21 Å². The highest BCUT2D eigenvalue weighted by Crippen LogP contribution is 2.17. The molecule has 0 amide bonds. The van der Waals surface area contributed by atoms with Crippen LogP contribution in [0.3, 0.4) is 0 Å². The molecule has 0 aliphatic carbocycles. The predicted molar refractivity (Wildman–Crippen MR) is 73.2 cm³/mol. The molecule has 106 valence electrons. The van der Waals surface area contributed by atoms with E-state index in [1.807, 2.05) is 24.3 Å². The summed E-state index contributed by atoms with van der Waals surface area (Å²) in [6.45, 7) is 0.565. The van der Waals surface area contributed by atoms with Crippen LogP contribution in [0.5, 0.6) is 11.5 Å². The van der Waals surface area contributed by atoms with Gasteiger partial charge in [0.1, 0.15) is 17.2 Å². The highest BCUT2D eigenvalue weighted by atomic mass is 16.5. The number of carbonyl (C=O) groups is 1. The summed E-state index contributed by atoms with van der Waals surface area (Å²) >= 11 is 0. The molecule has 2 rings (SSSR count). The van der Waals surface area contributed by atoms with Crippen LogP contribution in [-0.2, 0) is 13.5 Å². The zero-order valence-corrected chi connectivity index (χ0v) is 11.6. The van der Waals surface area contributed by atoms with Crippen molar-refractivity contribution >= 4 is 6.29 Å². The van der Waals surface area contributed by atoms with Crippen LogP contribution in [0.1, 0.15) is 22.6 Å². The molecule has 0 spiro atoms. The van der Waals surface area contributed by atoms with Crippen LogP contribution >= 0.6 is 0 Å². The standard InChI is InChI=1S/C14H17N3O3/c1-17-14(13(10-18)15-16-17)4-3-9-20-12-7-5-11(19-2)6-8-12/h5-8,10H,3-4,9H2,1-2H3. The summed E-state index contributed by atoms with van der Waals surface area (Å²) in [5.74, 6) is 1.60. The molecular formula is C14H17N3O3. The number of aldehydes is 1. The zero-order chi connectivity index (χ0) is 14.4. The van der Waals surface area contributed by atoms with E-state index in [9.17, 15) is 4.79 Å². The fourth-order valence-corrected chi connectivity index (χ4v) is 1.88. The summed E-state index contributed by atoms with van der Waals surface area (Å²) in [6.07, 6.45) is 2.22. The second-order valence-corrected chi connectivity index (χ2v) is 4.29. The molecule has 0 saturated heterocycles. The maximum atomic E-state index is 10.8. The molecule has 0 aliphatic heterocycles. The second kappa shape index (κ2) is 6.70. The van der Waals surface area contributed by atoms with Crippen LogP contribution in [0, 0.1) is 0 Å².